The Balaban J connectivity index is -0.000000130. The number of rotatable bonds is 3. The Hall–Kier alpha value is -1.75. The van der Waals surface area contributed by atoms with Crippen LogP contribution < -0.4 is 0 Å². The molecule has 25 heavy (non-hydrogen) atoms. The minimum atomic E-state index is 0. The van der Waals surface area contributed by atoms with Crippen LogP contribution in [0.2, 0.25) is 0 Å². The van der Waals surface area contributed by atoms with Crippen molar-refractivity contribution in [2.24, 2.45) is 0 Å². The molecule has 7 heteroatoms. The van der Waals surface area contributed by atoms with Crippen LogP contribution in [0.4, 0.5) is 0 Å². The van der Waals surface area contributed by atoms with E-state index in [4.69, 9.17) is 29.7 Å². The van der Waals surface area contributed by atoms with Crippen molar-refractivity contribution in [2.45, 2.75) is 62.3 Å². The molecule has 0 spiro atoms. The Morgan fingerprint density at radius 3 is 0.560 bits per heavy atom. The minimum absolute atomic E-state index is 0. The van der Waals surface area contributed by atoms with Crippen LogP contribution in [-0.2, 0) is 19.5 Å². The maximum Gasteiger partial charge on any atom is 3.00 e. The van der Waals surface area contributed by atoms with E-state index in [1.165, 1.54) is 41.5 Å². The van der Waals surface area contributed by atoms with E-state index in [-0.39, 0.29) is 54.1 Å². The molecule has 0 saturated carbocycles. The summed E-state index contributed by atoms with van der Waals surface area (Å²) in [6.07, 6.45) is 0. The van der Waals surface area contributed by atoms with Gasteiger partial charge in [-0.3, -0.25) is 14.4 Å². The van der Waals surface area contributed by atoms with E-state index in [2.05, 4.69) is 0 Å². The maximum atomic E-state index is 8.69. The normalized spacial score (nSPS) is 12.4. The van der Waals surface area contributed by atoms with Crippen LogP contribution in [0.3, 0.4) is 0 Å². The molecule has 0 aromatic heterocycles. The molecule has 0 heterocycles. The molecule has 0 atom stereocenters. The monoisotopic (exact) mass is 447 g/mol. The van der Waals surface area contributed by atoms with E-state index in [0.717, 1.165) is 0 Å². The van der Waals surface area contributed by atoms with E-state index in [1.807, 2.05) is 0 Å². The second-order valence-corrected chi connectivity index (χ2v) is 5.39. The number of aliphatic hydroxyl groups excluding tert-OH is 3. The van der Waals surface area contributed by atoms with Crippen molar-refractivity contribution in [3.8, 4) is 0 Å². The van der Waals surface area contributed by atoms with Crippen molar-refractivity contribution < 1.29 is 49.2 Å². The SMILES string of the molecule is CC(=[OH+])/C(C)=C(/C)O.CC(=[OH+])/C(C)=C(/C)O.CC(=[OH+])/C(C)=C(/C)O.[Ru+3]. The van der Waals surface area contributed by atoms with Crippen molar-refractivity contribution in [2.75, 3.05) is 0 Å². The molecule has 0 aromatic rings. The third-order valence-corrected chi connectivity index (χ3v) is 3.26. The van der Waals surface area contributed by atoms with Crippen LogP contribution >= 0.6 is 0 Å². The third kappa shape index (κ3) is 18.4. The molecule has 1 radical (unpaired) electrons. The molecular weight excluding hydrogens is 413 g/mol. The summed E-state index contributed by atoms with van der Waals surface area (Å²) in [6, 6.07) is 0. The number of carbonyl (C=O) groups excluding carboxylic acids is 3. The van der Waals surface area contributed by atoms with Gasteiger partial charge in [0.25, 0.3) is 0 Å². The molecule has 6 N–H and O–H groups in total. The Kier molecular flexibility index (Phi) is 19.6. The first kappa shape index (κ1) is 31.1. The fraction of sp³-hybridized carbons (Fsp3) is 0.500. The molecule has 6 nitrogen and oxygen atoms in total. The summed E-state index contributed by atoms with van der Waals surface area (Å²) in [5.74, 6) is 1.03. The van der Waals surface area contributed by atoms with Gasteiger partial charge in [-0.2, -0.15) is 0 Å². The van der Waals surface area contributed by atoms with E-state index in [0.29, 0.717) is 16.7 Å². The molecule has 0 rings (SSSR count). The fourth-order valence-corrected chi connectivity index (χ4v) is 0.785. The summed E-state index contributed by atoms with van der Waals surface area (Å²) in [6.45, 7) is 14.2. The van der Waals surface area contributed by atoms with Gasteiger partial charge in [0, 0.05) is 0 Å². The first-order chi connectivity index (χ1) is 10.7. The second kappa shape index (κ2) is 15.8. The molecule has 0 aliphatic carbocycles. The molecule has 0 saturated heterocycles. The molecular formula is C18H33O6Ru+6. The van der Waals surface area contributed by atoms with E-state index in [1.54, 1.807) is 20.8 Å². The summed E-state index contributed by atoms with van der Waals surface area (Å²) >= 11 is 0. The summed E-state index contributed by atoms with van der Waals surface area (Å²) < 4.78 is 0. The summed E-state index contributed by atoms with van der Waals surface area (Å²) in [5.41, 5.74) is 1.64. The molecule has 0 fully saturated rings. The van der Waals surface area contributed by atoms with Gasteiger partial charge in [0.2, 0.25) is 0 Å². The Bertz CT molecular complexity index is 475. The zero-order chi connectivity index (χ0) is 20.2. The molecule has 0 aliphatic heterocycles. The van der Waals surface area contributed by atoms with Crippen LogP contribution in [0.5, 0.6) is 0 Å². The van der Waals surface area contributed by atoms with Crippen LogP contribution in [0.25, 0.3) is 0 Å². The predicted octanol–water partition coefficient (Wildman–Crippen LogP) is 4.21. The van der Waals surface area contributed by atoms with Gasteiger partial charge < -0.3 is 15.3 Å². The topological polar surface area (TPSA) is 125 Å². The smallest absolute Gasteiger partial charge is 0.512 e. The van der Waals surface area contributed by atoms with E-state index < -0.39 is 0 Å². The van der Waals surface area contributed by atoms with Crippen LogP contribution in [-0.4, -0.2) is 47.1 Å². The molecule has 0 aliphatic rings. The Labute approximate surface area is 163 Å². The van der Waals surface area contributed by atoms with Crippen LogP contribution in [0, 0.1) is 0 Å². The van der Waals surface area contributed by atoms with Crippen LogP contribution in [0.1, 0.15) is 62.3 Å². The van der Waals surface area contributed by atoms with Crippen molar-refractivity contribution in [3.63, 3.8) is 0 Å². The van der Waals surface area contributed by atoms with Crippen molar-refractivity contribution in [1.82, 2.24) is 0 Å². The largest absolute Gasteiger partial charge is 3.00 e. The van der Waals surface area contributed by atoms with Gasteiger partial charge >= 0.3 is 36.8 Å². The zero-order valence-electron chi connectivity index (χ0n) is 16.5. The van der Waals surface area contributed by atoms with Gasteiger partial charge in [0.1, 0.15) is 17.3 Å². The van der Waals surface area contributed by atoms with Gasteiger partial charge in [0.05, 0.1) is 37.5 Å². The van der Waals surface area contributed by atoms with Crippen LogP contribution in [0.15, 0.2) is 34.0 Å². The van der Waals surface area contributed by atoms with Gasteiger partial charge in [-0.1, -0.05) is 0 Å². The number of aliphatic hydroxyl groups is 3. The first-order valence-electron chi connectivity index (χ1n) is 7.34. The standard InChI is InChI=1S/3C6H10O2.Ru/c3*1-4(5(2)7)6(3)8;/h3*7H,1-3H3;/q;;;+3/p+3/b3*5-4-;. The molecule has 143 valence electrons. The van der Waals surface area contributed by atoms with Crippen molar-refractivity contribution >= 4 is 17.3 Å². The number of hydrogen-bond acceptors (Lipinski definition) is 3. The van der Waals surface area contributed by atoms with E-state index >= 15 is 0 Å². The second-order valence-electron chi connectivity index (χ2n) is 5.39. The van der Waals surface area contributed by atoms with Crippen molar-refractivity contribution in [1.29, 1.82) is 0 Å². The number of hydrogen-bond donors (Lipinski definition) is 3. The average molecular weight is 447 g/mol. The zero-order valence-corrected chi connectivity index (χ0v) is 18.3. The quantitative estimate of drug-likeness (QED) is 0.260. The summed E-state index contributed by atoms with van der Waals surface area (Å²) in [7, 11) is 0. The van der Waals surface area contributed by atoms with Gasteiger partial charge in [-0.05, 0) is 41.5 Å². The molecule has 0 amide bonds. The maximum absolute atomic E-state index is 8.69. The van der Waals surface area contributed by atoms with Crippen molar-refractivity contribution in [3.05, 3.63) is 34.0 Å². The first-order valence-corrected chi connectivity index (χ1v) is 7.34. The Morgan fingerprint density at radius 2 is 0.560 bits per heavy atom. The third-order valence-electron chi connectivity index (χ3n) is 3.26. The van der Waals surface area contributed by atoms with Gasteiger partial charge in [-0.25, -0.2) is 0 Å². The average Bonchev–Trinajstić information content (AvgIpc) is 2.45. The van der Waals surface area contributed by atoms with Gasteiger partial charge in [-0.15, -0.1) is 0 Å². The predicted molar refractivity (Wildman–Crippen MR) is 101 cm³/mol. The fourth-order valence-electron chi connectivity index (χ4n) is 0.785. The van der Waals surface area contributed by atoms with E-state index in [9.17, 15) is 0 Å². The molecule has 0 bridgehead atoms. The molecule has 0 unspecified atom stereocenters. The van der Waals surface area contributed by atoms with Gasteiger partial charge in [0.15, 0.2) is 0 Å². The minimum Gasteiger partial charge on any atom is -0.512 e. The number of allylic oxidation sites excluding steroid dienone is 6. The number of ketones is 3. The summed E-state index contributed by atoms with van der Waals surface area (Å²) in [4.78, 5) is 26.1. The summed E-state index contributed by atoms with van der Waals surface area (Å²) in [5, 5.41) is 26.1. The molecule has 0 aromatic carbocycles. The Morgan fingerprint density at radius 1 is 0.440 bits per heavy atom.